The number of carbonyl (C=O) groups excluding carboxylic acids is 2. The normalized spacial score (nSPS) is 15.0. The van der Waals surface area contributed by atoms with Gasteiger partial charge in [-0.2, -0.15) is 0 Å². The number of carbonyl (C=O) groups is 2. The van der Waals surface area contributed by atoms with Crippen LogP contribution < -0.4 is 5.32 Å². The average molecular weight is 246 g/mol. The predicted octanol–water partition coefficient (Wildman–Crippen LogP) is 2.37. The average Bonchev–Trinajstić information content (AvgIpc) is 2.51. The summed E-state index contributed by atoms with van der Waals surface area (Å²) in [5, 5.41) is 3.28. The maximum Gasteiger partial charge on any atom is 0.261 e. The van der Waals surface area contributed by atoms with Gasteiger partial charge in [-0.25, -0.2) is 0 Å². The first-order valence-corrected chi connectivity index (χ1v) is 6.00. The zero-order chi connectivity index (χ0) is 13.5. The number of imide groups is 1. The number of hydrogen-bond donors (Lipinski definition) is 1. The number of rotatable bonds is 2. The highest BCUT2D eigenvalue weighted by Crippen LogP contribution is 2.25. The van der Waals surface area contributed by atoms with Crippen LogP contribution in [0.25, 0.3) is 0 Å². The molecule has 18 heavy (non-hydrogen) atoms. The molecule has 0 unspecified atom stereocenters. The SMILES string of the molecule is CN1C(=O)c2ccc(NCC(C)(C)C)cc2C1=O. The summed E-state index contributed by atoms with van der Waals surface area (Å²) in [7, 11) is 1.51. The van der Waals surface area contributed by atoms with Gasteiger partial charge in [0.1, 0.15) is 0 Å². The van der Waals surface area contributed by atoms with E-state index in [4.69, 9.17) is 0 Å². The second-order valence-electron chi connectivity index (χ2n) is 5.84. The van der Waals surface area contributed by atoms with Gasteiger partial charge in [0.25, 0.3) is 11.8 Å². The topological polar surface area (TPSA) is 49.4 Å². The molecule has 1 aromatic rings. The fraction of sp³-hybridized carbons (Fsp3) is 0.429. The van der Waals surface area contributed by atoms with Gasteiger partial charge in [0.2, 0.25) is 0 Å². The molecule has 2 rings (SSSR count). The van der Waals surface area contributed by atoms with Gasteiger partial charge in [0, 0.05) is 19.3 Å². The molecule has 1 heterocycles. The van der Waals surface area contributed by atoms with Gasteiger partial charge in [-0.15, -0.1) is 0 Å². The first-order valence-electron chi connectivity index (χ1n) is 6.00. The Kier molecular flexibility index (Phi) is 2.89. The third-order valence-corrected chi connectivity index (χ3v) is 2.91. The molecule has 0 atom stereocenters. The van der Waals surface area contributed by atoms with Gasteiger partial charge in [-0.1, -0.05) is 20.8 Å². The summed E-state index contributed by atoms with van der Waals surface area (Å²) in [4.78, 5) is 24.7. The van der Waals surface area contributed by atoms with E-state index >= 15 is 0 Å². The van der Waals surface area contributed by atoms with Crippen LogP contribution in [0.1, 0.15) is 41.5 Å². The van der Waals surface area contributed by atoms with Crippen molar-refractivity contribution in [2.75, 3.05) is 18.9 Å². The Morgan fingerprint density at radius 3 is 2.33 bits per heavy atom. The molecule has 1 N–H and O–H groups in total. The van der Waals surface area contributed by atoms with Gasteiger partial charge in [0.15, 0.2) is 0 Å². The van der Waals surface area contributed by atoms with Crippen LogP contribution in [0.15, 0.2) is 18.2 Å². The Bertz CT molecular complexity index is 515. The van der Waals surface area contributed by atoms with Crippen molar-refractivity contribution < 1.29 is 9.59 Å². The Balaban J connectivity index is 2.24. The van der Waals surface area contributed by atoms with Crippen molar-refractivity contribution in [3.63, 3.8) is 0 Å². The molecule has 0 saturated heterocycles. The Hall–Kier alpha value is -1.84. The molecular weight excluding hydrogens is 228 g/mol. The molecule has 0 aliphatic carbocycles. The smallest absolute Gasteiger partial charge is 0.261 e. The molecule has 0 bridgehead atoms. The Morgan fingerprint density at radius 1 is 1.11 bits per heavy atom. The minimum Gasteiger partial charge on any atom is -0.384 e. The molecule has 2 amide bonds. The van der Waals surface area contributed by atoms with E-state index in [2.05, 4.69) is 26.1 Å². The molecular formula is C14H18N2O2. The molecule has 1 aliphatic rings. The quantitative estimate of drug-likeness (QED) is 0.815. The first kappa shape index (κ1) is 12.6. The summed E-state index contributed by atoms with van der Waals surface area (Å²) >= 11 is 0. The molecule has 0 fully saturated rings. The minimum absolute atomic E-state index is 0.162. The minimum atomic E-state index is -0.227. The van der Waals surface area contributed by atoms with Crippen molar-refractivity contribution >= 4 is 17.5 Å². The number of benzene rings is 1. The highest BCUT2D eigenvalue weighted by atomic mass is 16.2. The van der Waals surface area contributed by atoms with E-state index in [9.17, 15) is 9.59 Å². The summed E-state index contributed by atoms with van der Waals surface area (Å²) in [6.07, 6.45) is 0. The molecule has 96 valence electrons. The summed E-state index contributed by atoms with van der Waals surface area (Å²) in [5.74, 6) is -0.452. The van der Waals surface area contributed by atoms with Crippen LogP contribution in [-0.2, 0) is 0 Å². The van der Waals surface area contributed by atoms with E-state index in [0.29, 0.717) is 11.1 Å². The van der Waals surface area contributed by atoms with Crippen molar-refractivity contribution in [3.8, 4) is 0 Å². The molecule has 0 radical (unpaired) electrons. The highest BCUT2D eigenvalue weighted by Gasteiger charge is 2.32. The number of anilines is 1. The van der Waals surface area contributed by atoms with Crippen LogP contribution in [-0.4, -0.2) is 30.3 Å². The van der Waals surface area contributed by atoms with Crippen LogP contribution in [0.3, 0.4) is 0 Å². The van der Waals surface area contributed by atoms with Gasteiger partial charge in [-0.3, -0.25) is 14.5 Å². The second-order valence-corrected chi connectivity index (χ2v) is 5.84. The van der Waals surface area contributed by atoms with Crippen LogP contribution in [0.4, 0.5) is 5.69 Å². The lowest BCUT2D eigenvalue weighted by Gasteiger charge is -2.19. The second kappa shape index (κ2) is 4.12. The maximum atomic E-state index is 11.8. The third-order valence-electron chi connectivity index (χ3n) is 2.91. The maximum absolute atomic E-state index is 11.8. The Morgan fingerprint density at radius 2 is 1.72 bits per heavy atom. The number of hydrogen-bond acceptors (Lipinski definition) is 3. The van der Waals surface area contributed by atoms with E-state index in [1.54, 1.807) is 12.1 Å². The summed E-state index contributed by atoms with van der Waals surface area (Å²) in [5.41, 5.74) is 2.01. The molecule has 1 aliphatic heterocycles. The lowest BCUT2D eigenvalue weighted by molar-refractivity contribution is 0.0693. The fourth-order valence-electron chi connectivity index (χ4n) is 1.84. The lowest BCUT2D eigenvalue weighted by Crippen LogP contribution is -2.24. The summed E-state index contributed by atoms with van der Waals surface area (Å²) in [6.45, 7) is 7.21. The van der Waals surface area contributed by atoms with Crippen LogP contribution in [0.5, 0.6) is 0 Å². The van der Waals surface area contributed by atoms with Gasteiger partial charge in [0.05, 0.1) is 11.1 Å². The molecule has 4 nitrogen and oxygen atoms in total. The van der Waals surface area contributed by atoms with Crippen molar-refractivity contribution in [1.29, 1.82) is 0 Å². The number of nitrogens with zero attached hydrogens (tertiary/aromatic N) is 1. The molecule has 0 spiro atoms. The Labute approximate surface area is 107 Å². The van der Waals surface area contributed by atoms with Gasteiger partial charge < -0.3 is 5.32 Å². The molecule has 1 aromatic carbocycles. The lowest BCUT2D eigenvalue weighted by atomic mass is 9.97. The van der Waals surface area contributed by atoms with Crippen molar-refractivity contribution in [2.45, 2.75) is 20.8 Å². The monoisotopic (exact) mass is 246 g/mol. The van der Waals surface area contributed by atoms with Crippen molar-refractivity contribution in [3.05, 3.63) is 29.3 Å². The predicted molar refractivity (Wildman–Crippen MR) is 70.8 cm³/mol. The molecule has 0 saturated carbocycles. The van der Waals surface area contributed by atoms with Gasteiger partial charge >= 0.3 is 0 Å². The standard InChI is InChI=1S/C14H18N2O2/c1-14(2,3)8-15-9-5-6-10-11(7-9)13(18)16(4)12(10)17/h5-7,15H,8H2,1-4H3. The van der Waals surface area contributed by atoms with Crippen molar-refractivity contribution in [1.82, 2.24) is 4.90 Å². The van der Waals surface area contributed by atoms with E-state index in [0.717, 1.165) is 17.1 Å². The highest BCUT2D eigenvalue weighted by molar-refractivity contribution is 6.21. The molecule has 4 heteroatoms. The van der Waals surface area contributed by atoms with E-state index < -0.39 is 0 Å². The summed E-state index contributed by atoms with van der Waals surface area (Å²) in [6, 6.07) is 5.31. The fourth-order valence-corrected chi connectivity index (χ4v) is 1.84. The van der Waals surface area contributed by atoms with E-state index in [1.165, 1.54) is 7.05 Å². The first-order chi connectivity index (χ1) is 8.29. The number of nitrogens with one attached hydrogen (secondary N) is 1. The van der Waals surface area contributed by atoms with E-state index in [-0.39, 0.29) is 17.2 Å². The largest absolute Gasteiger partial charge is 0.384 e. The van der Waals surface area contributed by atoms with E-state index in [1.807, 2.05) is 6.07 Å². The van der Waals surface area contributed by atoms with Gasteiger partial charge in [-0.05, 0) is 23.6 Å². The van der Waals surface area contributed by atoms with Crippen LogP contribution >= 0.6 is 0 Å². The third kappa shape index (κ3) is 2.23. The number of amides is 2. The number of fused-ring (bicyclic) bond motifs is 1. The van der Waals surface area contributed by atoms with Crippen LogP contribution in [0, 0.1) is 5.41 Å². The zero-order valence-electron chi connectivity index (χ0n) is 11.2. The van der Waals surface area contributed by atoms with Crippen molar-refractivity contribution in [2.24, 2.45) is 5.41 Å². The summed E-state index contributed by atoms with van der Waals surface area (Å²) < 4.78 is 0. The molecule has 0 aromatic heterocycles. The zero-order valence-corrected chi connectivity index (χ0v) is 11.2. The van der Waals surface area contributed by atoms with Crippen LogP contribution in [0.2, 0.25) is 0 Å².